The predicted octanol–water partition coefficient (Wildman–Crippen LogP) is 5.26. The van der Waals surface area contributed by atoms with Gasteiger partial charge in [-0.2, -0.15) is 0 Å². The highest BCUT2D eigenvalue weighted by molar-refractivity contribution is 5.74. The van der Waals surface area contributed by atoms with Crippen LogP contribution in [0.4, 0.5) is 4.39 Å². The van der Waals surface area contributed by atoms with Crippen molar-refractivity contribution in [3.05, 3.63) is 95.8 Å². The number of carboxylic acids is 1. The minimum Gasteiger partial charge on any atom is -0.480 e. The Balaban J connectivity index is 1.72. The minimum atomic E-state index is -0.827. The summed E-state index contributed by atoms with van der Waals surface area (Å²) in [6.45, 7) is 0.669. The molecule has 1 aliphatic heterocycles. The largest absolute Gasteiger partial charge is 0.480 e. The lowest BCUT2D eigenvalue weighted by Crippen LogP contribution is -2.39. The van der Waals surface area contributed by atoms with E-state index in [1.54, 1.807) is 12.1 Å². The third-order valence-corrected chi connectivity index (χ3v) is 5.25. The number of benzene rings is 3. The molecule has 0 aliphatic carbocycles. The van der Waals surface area contributed by atoms with E-state index in [1.807, 2.05) is 59.5 Å². The van der Waals surface area contributed by atoms with Crippen LogP contribution in [0.25, 0.3) is 0 Å². The van der Waals surface area contributed by atoms with Crippen LogP contribution in [0.3, 0.4) is 0 Å². The quantitative estimate of drug-likeness (QED) is 0.623. The number of halogens is 1. The van der Waals surface area contributed by atoms with E-state index in [4.69, 9.17) is 4.74 Å². The van der Waals surface area contributed by atoms with Gasteiger partial charge in [-0.15, -0.1) is 0 Å². The van der Waals surface area contributed by atoms with Gasteiger partial charge in [0.1, 0.15) is 23.4 Å². The predicted molar refractivity (Wildman–Crippen MR) is 109 cm³/mol. The van der Waals surface area contributed by atoms with Gasteiger partial charge in [-0.05, 0) is 60.4 Å². The second kappa shape index (κ2) is 8.45. The average Bonchev–Trinajstić information content (AvgIpc) is 3.20. The van der Waals surface area contributed by atoms with Gasteiger partial charge in [0.2, 0.25) is 0 Å². The first-order valence-corrected chi connectivity index (χ1v) is 9.69. The van der Waals surface area contributed by atoms with Crippen molar-refractivity contribution >= 4 is 5.97 Å². The summed E-state index contributed by atoms with van der Waals surface area (Å²) >= 11 is 0. The van der Waals surface area contributed by atoms with Crippen LogP contribution in [0.2, 0.25) is 0 Å². The molecule has 0 amide bonds. The molecule has 2 unspecified atom stereocenters. The van der Waals surface area contributed by atoms with E-state index in [1.165, 1.54) is 12.1 Å². The minimum absolute atomic E-state index is 0.293. The lowest BCUT2D eigenvalue weighted by Gasteiger charge is -2.32. The third-order valence-electron chi connectivity index (χ3n) is 5.25. The van der Waals surface area contributed by atoms with Gasteiger partial charge in [-0.25, -0.2) is 4.39 Å². The summed E-state index contributed by atoms with van der Waals surface area (Å²) in [5.74, 6) is 0.260. The van der Waals surface area contributed by atoms with Gasteiger partial charge >= 0.3 is 5.97 Å². The molecule has 3 aromatic carbocycles. The van der Waals surface area contributed by atoms with Crippen molar-refractivity contribution < 1.29 is 19.0 Å². The number of carboxylic acid groups (broad SMARTS) is 1. The SMILES string of the molecule is O=C(O)C1CCCN1C(c1ccc(F)cc1)c1cccc(Oc2ccccc2)c1. The average molecular weight is 391 g/mol. The maximum atomic E-state index is 13.5. The van der Waals surface area contributed by atoms with E-state index in [0.717, 1.165) is 23.3 Å². The molecule has 4 rings (SSSR count). The highest BCUT2D eigenvalue weighted by Crippen LogP contribution is 2.36. The lowest BCUT2D eigenvalue weighted by molar-refractivity contribution is -0.142. The number of nitrogens with zero attached hydrogens (tertiary/aromatic N) is 1. The second-order valence-corrected chi connectivity index (χ2v) is 7.18. The number of carbonyl (C=O) groups is 1. The summed E-state index contributed by atoms with van der Waals surface area (Å²) < 4.78 is 19.5. The van der Waals surface area contributed by atoms with Crippen LogP contribution in [0.1, 0.15) is 30.0 Å². The van der Waals surface area contributed by atoms with Crippen LogP contribution >= 0.6 is 0 Å². The van der Waals surface area contributed by atoms with Crippen LogP contribution in [0.5, 0.6) is 11.5 Å². The Hall–Kier alpha value is -3.18. The molecule has 2 atom stereocenters. The fourth-order valence-electron chi connectivity index (χ4n) is 3.96. The van der Waals surface area contributed by atoms with Crippen molar-refractivity contribution in [1.29, 1.82) is 0 Å². The standard InChI is InChI=1S/C24H22FNO3/c25-19-13-11-17(12-14-19)23(26-15-5-10-22(26)24(27)28)18-6-4-9-21(16-18)29-20-7-2-1-3-8-20/h1-4,6-9,11-14,16,22-23H,5,10,15H2,(H,27,28). The number of likely N-dealkylation sites (tertiary alicyclic amines) is 1. The Kier molecular flexibility index (Phi) is 5.58. The summed E-state index contributed by atoms with van der Waals surface area (Å²) in [5.41, 5.74) is 1.77. The number of para-hydroxylation sites is 1. The Morgan fingerprint density at radius 2 is 1.69 bits per heavy atom. The van der Waals surface area contributed by atoms with E-state index in [2.05, 4.69) is 0 Å². The van der Waals surface area contributed by atoms with Crippen LogP contribution in [-0.2, 0) is 4.79 Å². The van der Waals surface area contributed by atoms with Gasteiger partial charge in [0.15, 0.2) is 0 Å². The number of ether oxygens (including phenoxy) is 1. The summed E-state index contributed by atoms with van der Waals surface area (Å²) in [6, 6.07) is 22.6. The second-order valence-electron chi connectivity index (χ2n) is 7.18. The molecule has 0 bridgehead atoms. The molecule has 148 valence electrons. The zero-order valence-electron chi connectivity index (χ0n) is 15.9. The number of aliphatic carboxylic acids is 1. The van der Waals surface area contributed by atoms with E-state index in [0.29, 0.717) is 18.7 Å². The monoisotopic (exact) mass is 391 g/mol. The van der Waals surface area contributed by atoms with Crippen molar-refractivity contribution in [3.8, 4) is 11.5 Å². The van der Waals surface area contributed by atoms with Gasteiger partial charge in [0.25, 0.3) is 0 Å². The molecule has 1 aliphatic rings. The molecule has 0 radical (unpaired) electrons. The maximum Gasteiger partial charge on any atom is 0.320 e. The fraction of sp³-hybridized carbons (Fsp3) is 0.208. The van der Waals surface area contributed by atoms with Crippen LogP contribution in [0, 0.1) is 5.82 Å². The van der Waals surface area contributed by atoms with Gasteiger partial charge in [0.05, 0.1) is 6.04 Å². The van der Waals surface area contributed by atoms with Crippen molar-refractivity contribution in [1.82, 2.24) is 4.90 Å². The maximum absolute atomic E-state index is 13.5. The van der Waals surface area contributed by atoms with Crippen molar-refractivity contribution in [2.75, 3.05) is 6.54 Å². The van der Waals surface area contributed by atoms with Crippen LogP contribution in [0.15, 0.2) is 78.9 Å². The lowest BCUT2D eigenvalue weighted by atomic mass is 9.96. The number of hydrogen-bond donors (Lipinski definition) is 1. The Labute approximate surface area is 169 Å². The van der Waals surface area contributed by atoms with E-state index in [-0.39, 0.29) is 11.9 Å². The van der Waals surface area contributed by atoms with Crippen molar-refractivity contribution in [2.24, 2.45) is 0 Å². The number of hydrogen-bond acceptors (Lipinski definition) is 3. The molecule has 1 saturated heterocycles. The van der Waals surface area contributed by atoms with Crippen molar-refractivity contribution in [3.63, 3.8) is 0 Å². The van der Waals surface area contributed by atoms with E-state index in [9.17, 15) is 14.3 Å². The topological polar surface area (TPSA) is 49.8 Å². The zero-order valence-corrected chi connectivity index (χ0v) is 15.9. The van der Waals surface area contributed by atoms with Gasteiger partial charge in [0, 0.05) is 6.54 Å². The van der Waals surface area contributed by atoms with Gasteiger partial charge in [-0.3, -0.25) is 9.69 Å². The molecule has 3 aromatic rings. The summed E-state index contributed by atoms with van der Waals surface area (Å²) in [7, 11) is 0. The van der Waals surface area contributed by atoms with Gasteiger partial charge in [-0.1, -0.05) is 42.5 Å². The molecule has 1 N–H and O–H groups in total. The van der Waals surface area contributed by atoms with Crippen LogP contribution in [-0.4, -0.2) is 28.6 Å². The van der Waals surface area contributed by atoms with E-state index >= 15 is 0 Å². The normalized spacial score (nSPS) is 17.8. The summed E-state index contributed by atoms with van der Waals surface area (Å²) in [6.07, 6.45) is 1.42. The molecule has 0 spiro atoms. The van der Waals surface area contributed by atoms with Crippen LogP contribution < -0.4 is 4.74 Å². The first kappa shape index (κ1) is 19.2. The molecule has 4 nitrogen and oxygen atoms in total. The molecule has 0 aromatic heterocycles. The first-order valence-electron chi connectivity index (χ1n) is 9.69. The highest BCUT2D eigenvalue weighted by atomic mass is 19.1. The Morgan fingerprint density at radius 3 is 2.41 bits per heavy atom. The van der Waals surface area contributed by atoms with Gasteiger partial charge < -0.3 is 9.84 Å². The smallest absolute Gasteiger partial charge is 0.320 e. The molecule has 5 heteroatoms. The molecule has 1 heterocycles. The van der Waals surface area contributed by atoms with E-state index < -0.39 is 12.0 Å². The first-order chi connectivity index (χ1) is 14.1. The highest BCUT2D eigenvalue weighted by Gasteiger charge is 2.36. The number of rotatable bonds is 6. The fourth-order valence-corrected chi connectivity index (χ4v) is 3.96. The third kappa shape index (κ3) is 4.30. The molecule has 0 saturated carbocycles. The molecule has 1 fully saturated rings. The Morgan fingerprint density at radius 1 is 0.966 bits per heavy atom. The molecular formula is C24H22FNO3. The Bertz CT molecular complexity index is 975. The zero-order chi connectivity index (χ0) is 20.2. The summed E-state index contributed by atoms with van der Waals surface area (Å²) in [5, 5.41) is 9.69. The van der Waals surface area contributed by atoms with Crippen molar-refractivity contribution in [2.45, 2.75) is 24.9 Å². The molecule has 29 heavy (non-hydrogen) atoms. The summed E-state index contributed by atoms with van der Waals surface area (Å²) in [4.78, 5) is 13.8. The molecular weight excluding hydrogens is 369 g/mol.